The predicted octanol–water partition coefficient (Wildman–Crippen LogP) is -0.958. The molecule has 0 saturated carbocycles. The summed E-state index contributed by atoms with van der Waals surface area (Å²) < 4.78 is 6.74. The van der Waals surface area contributed by atoms with Crippen LogP contribution in [0.3, 0.4) is 0 Å². The molecule has 3 atom stereocenters. The highest BCUT2D eigenvalue weighted by Crippen LogP contribution is 2.36. The number of nitrogens with one attached hydrogen (secondary N) is 1. The third kappa shape index (κ3) is 2.16. The number of H-pyrrole nitrogens is 1. The molecule has 1 aromatic rings. The van der Waals surface area contributed by atoms with Crippen LogP contribution in [0.1, 0.15) is 18.2 Å². The summed E-state index contributed by atoms with van der Waals surface area (Å²) in [6, 6.07) is 0. The Morgan fingerprint density at radius 1 is 1.68 bits per heavy atom. The van der Waals surface area contributed by atoms with Gasteiger partial charge >= 0.3 is 5.69 Å². The Bertz CT molecular complexity index is 605. The lowest BCUT2D eigenvalue weighted by Gasteiger charge is -2.26. The summed E-state index contributed by atoms with van der Waals surface area (Å²) in [5.41, 5.74) is -2.01. The molecule has 1 aliphatic rings. The number of ether oxygens (including phenoxy) is 1. The Morgan fingerprint density at radius 3 is 2.89 bits per heavy atom. The van der Waals surface area contributed by atoms with E-state index in [1.807, 2.05) is 0 Å². The van der Waals surface area contributed by atoms with Gasteiger partial charge in [-0.2, -0.15) is 0 Å². The summed E-state index contributed by atoms with van der Waals surface area (Å²) in [6.45, 7) is 4.65. The lowest BCUT2D eigenvalue weighted by atomic mass is 9.98. The van der Waals surface area contributed by atoms with Gasteiger partial charge in [0, 0.05) is 18.2 Å². The molecule has 2 heterocycles. The van der Waals surface area contributed by atoms with Crippen LogP contribution in [0.15, 0.2) is 28.4 Å². The minimum atomic E-state index is -1.28. The molecule has 1 aliphatic heterocycles. The highest BCUT2D eigenvalue weighted by atomic mass is 16.6. The zero-order valence-electron chi connectivity index (χ0n) is 10.5. The molecule has 104 valence electrons. The Balaban J connectivity index is 2.41. The normalized spacial score (nSPS) is 30.5. The number of aromatic nitrogens is 2. The van der Waals surface area contributed by atoms with E-state index in [2.05, 4.69) is 11.6 Å². The van der Waals surface area contributed by atoms with Crippen molar-refractivity contribution in [2.24, 2.45) is 0 Å². The predicted molar refractivity (Wildman–Crippen MR) is 66.8 cm³/mol. The number of hydrogen-bond donors (Lipinski definition) is 3. The minimum absolute atomic E-state index is 0.123. The first kappa shape index (κ1) is 13.7. The molecule has 0 aliphatic carbocycles. The van der Waals surface area contributed by atoms with Crippen molar-refractivity contribution in [1.82, 2.24) is 9.55 Å². The molecule has 1 saturated heterocycles. The van der Waals surface area contributed by atoms with Crippen LogP contribution in [0.2, 0.25) is 0 Å². The number of aliphatic hydroxyl groups is 2. The Labute approximate surface area is 108 Å². The second-order valence-corrected chi connectivity index (χ2v) is 4.62. The lowest BCUT2D eigenvalue weighted by Crippen LogP contribution is -2.41. The quantitative estimate of drug-likeness (QED) is 0.613. The van der Waals surface area contributed by atoms with Crippen LogP contribution in [0.25, 0.3) is 0 Å². The number of nitrogens with zero attached hydrogens (tertiary/aromatic N) is 1. The van der Waals surface area contributed by atoms with Crippen LogP contribution in [0, 0.1) is 6.92 Å². The van der Waals surface area contributed by atoms with E-state index < -0.39 is 35.8 Å². The zero-order chi connectivity index (χ0) is 14.2. The summed E-state index contributed by atoms with van der Waals surface area (Å²) in [4.78, 5) is 25.2. The van der Waals surface area contributed by atoms with Crippen LogP contribution in [0.5, 0.6) is 0 Å². The number of hydrogen-bond acceptors (Lipinski definition) is 5. The van der Waals surface area contributed by atoms with Crippen LogP contribution in [-0.2, 0) is 4.74 Å². The van der Waals surface area contributed by atoms with Gasteiger partial charge in [-0.15, -0.1) is 6.58 Å². The molecule has 19 heavy (non-hydrogen) atoms. The maximum absolute atomic E-state index is 11.7. The van der Waals surface area contributed by atoms with Gasteiger partial charge in [0.05, 0.1) is 12.7 Å². The molecule has 0 aromatic carbocycles. The first-order chi connectivity index (χ1) is 8.93. The van der Waals surface area contributed by atoms with Crippen molar-refractivity contribution in [2.45, 2.75) is 31.3 Å². The smallest absolute Gasteiger partial charge is 0.330 e. The van der Waals surface area contributed by atoms with E-state index >= 15 is 0 Å². The van der Waals surface area contributed by atoms with Gasteiger partial charge < -0.3 is 14.9 Å². The van der Waals surface area contributed by atoms with Gasteiger partial charge in [0.1, 0.15) is 11.8 Å². The fraction of sp³-hybridized carbons (Fsp3) is 0.500. The molecular weight excluding hydrogens is 252 g/mol. The maximum atomic E-state index is 11.7. The van der Waals surface area contributed by atoms with Gasteiger partial charge in [-0.05, 0) is 6.92 Å². The van der Waals surface area contributed by atoms with Crippen molar-refractivity contribution >= 4 is 0 Å². The Morgan fingerprint density at radius 2 is 2.37 bits per heavy atom. The molecule has 0 radical (unpaired) electrons. The van der Waals surface area contributed by atoms with E-state index in [1.54, 1.807) is 6.92 Å². The first-order valence-electron chi connectivity index (χ1n) is 5.86. The SMILES string of the molecule is C=C[C@@]1(CO)O[C@@H](n2cc(C)c(=O)[nH]c2=O)C[C@@H]1O. The average Bonchev–Trinajstić information content (AvgIpc) is 2.71. The molecule has 1 fully saturated rings. The summed E-state index contributed by atoms with van der Waals surface area (Å²) >= 11 is 0. The largest absolute Gasteiger partial charge is 0.393 e. The topological polar surface area (TPSA) is 105 Å². The molecule has 0 unspecified atom stereocenters. The molecular formula is C12H16N2O5. The van der Waals surface area contributed by atoms with E-state index in [0.717, 1.165) is 0 Å². The van der Waals surface area contributed by atoms with Gasteiger partial charge in [0.2, 0.25) is 0 Å². The number of aryl methyl sites for hydroxylation is 1. The maximum Gasteiger partial charge on any atom is 0.330 e. The number of aromatic amines is 1. The van der Waals surface area contributed by atoms with Gasteiger partial charge in [-0.1, -0.05) is 6.08 Å². The zero-order valence-corrected chi connectivity index (χ0v) is 10.5. The average molecular weight is 268 g/mol. The lowest BCUT2D eigenvalue weighted by molar-refractivity contribution is -0.0974. The van der Waals surface area contributed by atoms with Crippen LogP contribution in [0.4, 0.5) is 0 Å². The van der Waals surface area contributed by atoms with E-state index in [-0.39, 0.29) is 6.42 Å². The second-order valence-electron chi connectivity index (χ2n) is 4.62. The van der Waals surface area contributed by atoms with Gasteiger partial charge in [0.15, 0.2) is 0 Å². The fourth-order valence-electron chi connectivity index (χ4n) is 2.13. The van der Waals surface area contributed by atoms with Crippen LogP contribution >= 0.6 is 0 Å². The van der Waals surface area contributed by atoms with Gasteiger partial charge in [0.25, 0.3) is 5.56 Å². The highest BCUT2D eigenvalue weighted by Gasteiger charge is 2.46. The molecule has 2 rings (SSSR count). The van der Waals surface area contributed by atoms with Gasteiger partial charge in [-0.25, -0.2) is 4.79 Å². The molecule has 1 aromatic heterocycles. The van der Waals surface area contributed by atoms with E-state index in [9.17, 15) is 19.8 Å². The van der Waals surface area contributed by atoms with Crippen LogP contribution in [-0.4, -0.2) is 38.1 Å². The second kappa shape index (κ2) is 4.76. The molecule has 0 bridgehead atoms. The van der Waals surface area contributed by atoms with E-state index in [4.69, 9.17) is 4.74 Å². The molecule has 0 amide bonds. The summed E-state index contributed by atoms with van der Waals surface area (Å²) in [6.07, 6.45) is 1.08. The van der Waals surface area contributed by atoms with Gasteiger partial charge in [-0.3, -0.25) is 14.3 Å². The van der Waals surface area contributed by atoms with Crippen molar-refractivity contribution in [1.29, 1.82) is 0 Å². The van der Waals surface area contributed by atoms with E-state index in [1.165, 1.54) is 16.8 Å². The monoisotopic (exact) mass is 268 g/mol. The van der Waals surface area contributed by atoms with Crippen molar-refractivity contribution < 1.29 is 14.9 Å². The Kier molecular flexibility index (Phi) is 3.44. The van der Waals surface area contributed by atoms with Crippen molar-refractivity contribution in [3.8, 4) is 0 Å². The molecule has 7 nitrogen and oxygen atoms in total. The summed E-state index contributed by atoms with van der Waals surface area (Å²) in [5.74, 6) is 0. The highest BCUT2D eigenvalue weighted by molar-refractivity contribution is 5.08. The van der Waals surface area contributed by atoms with E-state index in [0.29, 0.717) is 5.56 Å². The fourth-order valence-corrected chi connectivity index (χ4v) is 2.13. The minimum Gasteiger partial charge on any atom is -0.393 e. The summed E-state index contributed by atoms with van der Waals surface area (Å²) in [7, 11) is 0. The molecule has 7 heteroatoms. The molecule has 0 spiro atoms. The third-order valence-corrected chi connectivity index (χ3v) is 3.39. The summed E-state index contributed by atoms with van der Waals surface area (Å²) in [5, 5.41) is 19.3. The standard InChI is InChI=1S/C12H16N2O5/c1-3-12(6-15)8(16)4-9(19-12)14-5-7(2)10(17)13-11(14)18/h3,5,8-9,15-16H,1,4,6H2,2H3,(H,13,17,18)/t8-,9+,12-/m0/s1. The third-order valence-electron chi connectivity index (χ3n) is 3.39. The van der Waals surface area contributed by atoms with Crippen molar-refractivity contribution in [3.63, 3.8) is 0 Å². The number of aliphatic hydroxyl groups excluding tert-OH is 2. The van der Waals surface area contributed by atoms with Crippen molar-refractivity contribution in [2.75, 3.05) is 6.61 Å². The van der Waals surface area contributed by atoms with Crippen molar-refractivity contribution in [3.05, 3.63) is 45.3 Å². The Hall–Kier alpha value is -1.70. The first-order valence-corrected chi connectivity index (χ1v) is 5.86. The number of rotatable bonds is 3. The molecule has 3 N–H and O–H groups in total. The van der Waals surface area contributed by atoms with Crippen LogP contribution < -0.4 is 11.2 Å².